The second kappa shape index (κ2) is 3.10. The lowest BCUT2D eigenvalue weighted by atomic mass is 10.1. The lowest BCUT2D eigenvalue weighted by molar-refractivity contribution is 0.330. The molecular weight excluding hydrogens is 253 g/mol. The summed E-state index contributed by atoms with van der Waals surface area (Å²) in [5.74, 6) is 0. The number of rotatable bonds is 2. The van der Waals surface area contributed by atoms with Gasteiger partial charge in [0.2, 0.25) is 0 Å². The van der Waals surface area contributed by atoms with E-state index in [1.807, 2.05) is 17.1 Å². The first-order valence-electron chi connectivity index (χ1n) is 3.47. The Bertz CT molecular complexity index is 242. The van der Waals surface area contributed by atoms with Crippen molar-refractivity contribution < 1.29 is 0 Å². The highest BCUT2D eigenvalue weighted by Gasteiger charge is 2.18. The summed E-state index contributed by atoms with van der Waals surface area (Å²) in [6.45, 7) is 4.73. The van der Waals surface area contributed by atoms with Gasteiger partial charge in [-0.3, -0.25) is 4.68 Å². The van der Waals surface area contributed by atoms with Crippen molar-refractivity contribution in [1.29, 1.82) is 0 Å². The summed E-state index contributed by atoms with van der Waals surface area (Å²) < 4.78 is 3.04. The fourth-order valence-corrected chi connectivity index (χ4v) is 1.11. The Balaban J connectivity index is 2.92. The molecule has 0 saturated carbocycles. The largest absolute Gasteiger partial charge is 0.328 e. The minimum atomic E-state index is -0.0660. The van der Waals surface area contributed by atoms with Crippen LogP contribution in [0, 0.1) is 3.57 Å². The molecular formula is C7H12IN3. The molecule has 1 aromatic rings. The maximum atomic E-state index is 5.58. The van der Waals surface area contributed by atoms with Gasteiger partial charge >= 0.3 is 0 Å². The molecule has 1 rings (SSSR count). The smallest absolute Gasteiger partial charge is 0.0693 e. The van der Waals surface area contributed by atoms with Gasteiger partial charge in [-0.15, -0.1) is 0 Å². The van der Waals surface area contributed by atoms with Crippen LogP contribution < -0.4 is 5.73 Å². The van der Waals surface area contributed by atoms with E-state index in [9.17, 15) is 0 Å². The summed E-state index contributed by atoms with van der Waals surface area (Å²) in [7, 11) is 0. The second-order valence-electron chi connectivity index (χ2n) is 3.12. The maximum Gasteiger partial charge on any atom is 0.0693 e. The first kappa shape index (κ1) is 8.99. The van der Waals surface area contributed by atoms with Crippen molar-refractivity contribution in [1.82, 2.24) is 9.78 Å². The molecule has 0 aliphatic carbocycles. The third-order valence-electron chi connectivity index (χ3n) is 1.67. The van der Waals surface area contributed by atoms with E-state index in [0.29, 0.717) is 6.54 Å². The van der Waals surface area contributed by atoms with Gasteiger partial charge in [0.1, 0.15) is 0 Å². The summed E-state index contributed by atoms with van der Waals surface area (Å²) in [6, 6.07) is 0. The number of hydrogen-bond donors (Lipinski definition) is 1. The second-order valence-corrected chi connectivity index (χ2v) is 4.37. The number of hydrogen-bond acceptors (Lipinski definition) is 2. The van der Waals surface area contributed by atoms with Gasteiger partial charge in [-0.1, -0.05) is 0 Å². The van der Waals surface area contributed by atoms with Gasteiger partial charge in [0.05, 0.1) is 15.3 Å². The number of halogens is 1. The van der Waals surface area contributed by atoms with Gasteiger partial charge in [-0.25, -0.2) is 0 Å². The Labute approximate surface area is 80.1 Å². The molecule has 0 amide bonds. The van der Waals surface area contributed by atoms with Crippen molar-refractivity contribution in [2.45, 2.75) is 19.4 Å². The molecule has 1 aromatic heterocycles. The number of aromatic nitrogens is 2. The van der Waals surface area contributed by atoms with E-state index < -0.39 is 0 Å². The lowest BCUT2D eigenvalue weighted by Gasteiger charge is -2.22. The zero-order valence-electron chi connectivity index (χ0n) is 6.71. The Morgan fingerprint density at radius 1 is 1.73 bits per heavy atom. The van der Waals surface area contributed by atoms with E-state index in [0.717, 1.165) is 3.57 Å². The van der Waals surface area contributed by atoms with Crippen LogP contribution in [-0.2, 0) is 5.54 Å². The third kappa shape index (κ3) is 1.93. The average Bonchev–Trinajstić information content (AvgIpc) is 2.36. The lowest BCUT2D eigenvalue weighted by Crippen LogP contribution is -2.35. The van der Waals surface area contributed by atoms with Crippen molar-refractivity contribution in [2.24, 2.45) is 5.73 Å². The molecule has 0 aliphatic rings. The first-order chi connectivity index (χ1) is 5.06. The third-order valence-corrected chi connectivity index (χ3v) is 2.23. The predicted molar refractivity (Wildman–Crippen MR) is 53.3 cm³/mol. The van der Waals surface area contributed by atoms with Gasteiger partial charge < -0.3 is 5.73 Å². The molecule has 3 nitrogen and oxygen atoms in total. The molecule has 0 bridgehead atoms. The SMILES string of the molecule is CC(C)(CN)n1cc(I)cn1. The molecule has 0 radical (unpaired) electrons. The number of nitrogens with two attached hydrogens (primary N) is 1. The van der Waals surface area contributed by atoms with Crippen LogP contribution in [0.2, 0.25) is 0 Å². The number of nitrogens with zero attached hydrogens (tertiary/aromatic N) is 2. The van der Waals surface area contributed by atoms with Crippen LogP contribution in [0.1, 0.15) is 13.8 Å². The van der Waals surface area contributed by atoms with Crippen LogP contribution in [0.25, 0.3) is 0 Å². The molecule has 62 valence electrons. The molecule has 0 fully saturated rings. The van der Waals surface area contributed by atoms with Crippen LogP contribution >= 0.6 is 22.6 Å². The molecule has 0 atom stereocenters. The van der Waals surface area contributed by atoms with Crippen molar-refractivity contribution in [3.63, 3.8) is 0 Å². The molecule has 11 heavy (non-hydrogen) atoms. The molecule has 0 saturated heterocycles. The Morgan fingerprint density at radius 3 is 2.73 bits per heavy atom. The van der Waals surface area contributed by atoms with Gasteiger partial charge in [0, 0.05) is 12.7 Å². The Morgan fingerprint density at radius 2 is 2.36 bits per heavy atom. The maximum absolute atomic E-state index is 5.58. The van der Waals surface area contributed by atoms with E-state index in [4.69, 9.17) is 5.73 Å². The van der Waals surface area contributed by atoms with Crippen LogP contribution in [0.4, 0.5) is 0 Å². The fourth-order valence-electron chi connectivity index (χ4n) is 0.725. The topological polar surface area (TPSA) is 43.8 Å². The quantitative estimate of drug-likeness (QED) is 0.816. The van der Waals surface area contributed by atoms with E-state index in [-0.39, 0.29) is 5.54 Å². The van der Waals surface area contributed by atoms with Crippen molar-refractivity contribution in [3.8, 4) is 0 Å². The van der Waals surface area contributed by atoms with Gasteiger partial charge in [-0.2, -0.15) is 5.10 Å². The highest BCUT2D eigenvalue weighted by molar-refractivity contribution is 14.1. The Kier molecular flexibility index (Phi) is 2.54. The highest BCUT2D eigenvalue weighted by Crippen LogP contribution is 2.13. The van der Waals surface area contributed by atoms with E-state index in [2.05, 4.69) is 41.5 Å². The fraction of sp³-hybridized carbons (Fsp3) is 0.571. The zero-order chi connectivity index (χ0) is 8.48. The van der Waals surface area contributed by atoms with Crippen LogP contribution in [-0.4, -0.2) is 16.3 Å². The zero-order valence-corrected chi connectivity index (χ0v) is 8.87. The van der Waals surface area contributed by atoms with Crippen LogP contribution in [0.3, 0.4) is 0 Å². The highest BCUT2D eigenvalue weighted by atomic mass is 127. The molecule has 4 heteroatoms. The molecule has 2 N–H and O–H groups in total. The van der Waals surface area contributed by atoms with Gasteiger partial charge in [-0.05, 0) is 36.4 Å². The predicted octanol–water partition coefficient (Wildman–Crippen LogP) is 1.18. The van der Waals surface area contributed by atoms with Gasteiger partial charge in [0.25, 0.3) is 0 Å². The van der Waals surface area contributed by atoms with Crippen molar-refractivity contribution >= 4 is 22.6 Å². The molecule has 1 heterocycles. The summed E-state index contributed by atoms with van der Waals surface area (Å²) >= 11 is 2.23. The normalized spacial score (nSPS) is 12.0. The van der Waals surface area contributed by atoms with E-state index in [1.165, 1.54) is 0 Å². The minimum Gasteiger partial charge on any atom is -0.328 e. The monoisotopic (exact) mass is 265 g/mol. The van der Waals surface area contributed by atoms with Crippen molar-refractivity contribution in [2.75, 3.05) is 6.54 Å². The molecule has 0 spiro atoms. The molecule has 0 aliphatic heterocycles. The summed E-state index contributed by atoms with van der Waals surface area (Å²) in [5, 5.41) is 4.19. The summed E-state index contributed by atoms with van der Waals surface area (Å²) in [4.78, 5) is 0. The standard InChI is InChI=1S/C7H12IN3/c1-7(2,5-9)11-4-6(8)3-10-11/h3-4H,5,9H2,1-2H3. The van der Waals surface area contributed by atoms with Gasteiger partial charge in [0.15, 0.2) is 0 Å². The van der Waals surface area contributed by atoms with Crippen LogP contribution in [0.15, 0.2) is 12.4 Å². The minimum absolute atomic E-state index is 0.0660. The molecule has 0 aromatic carbocycles. The molecule has 0 unspecified atom stereocenters. The first-order valence-corrected chi connectivity index (χ1v) is 4.55. The van der Waals surface area contributed by atoms with E-state index >= 15 is 0 Å². The van der Waals surface area contributed by atoms with Crippen LogP contribution in [0.5, 0.6) is 0 Å². The summed E-state index contributed by atoms with van der Waals surface area (Å²) in [5.41, 5.74) is 5.52. The Hall–Kier alpha value is -0.100. The summed E-state index contributed by atoms with van der Waals surface area (Å²) in [6.07, 6.45) is 3.82. The average molecular weight is 265 g/mol. The van der Waals surface area contributed by atoms with Crippen molar-refractivity contribution in [3.05, 3.63) is 16.0 Å². The van der Waals surface area contributed by atoms with E-state index in [1.54, 1.807) is 0 Å².